The maximum absolute atomic E-state index is 11.0. The van der Waals surface area contributed by atoms with Gasteiger partial charge >= 0.3 is 5.97 Å². The molecular weight excluding hydrogens is 308 g/mol. The third-order valence-electron chi connectivity index (χ3n) is 2.81. The maximum atomic E-state index is 11.0. The number of aliphatic carboxylic acids is 1. The van der Waals surface area contributed by atoms with Gasteiger partial charge in [0.15, 0.2) is 0 Å². The van der Waals surface area contributed by atoms with Crippen molar-refractivity contribution in [1.29, 1.82) is 0 Å². The van der Waals surface area contributed by atoms with E-state index in [1.807, 2.05) is 17.8 Å². The Morgan fingerprint density at radius 3 is 2.81 bits per heavy atom. The number of thioether (sulfide) groups is 1. The minimum absolute atomic E-state index is 0.180. The van der Waals surface area contributed by atoms with Gasteiger partial charge in [-0.15, -0.1) is 23.1 Å². The van der Waals surface area contributed by atoms with Crippen molar-refractivity contribution in [1.82, 2.24) is 0 Å². The largest absolute Gasteiger partial charge is 0.481 e. The molecule has 0 radical (unpaired) electrons. The Balaban J connectivity index is 2.29. The standard InChI is InChI=1S/C11H13BrO2S2/c12-9-4-3-8(16-9)11(7-10(13)14)5-1-2-6-15-11/h3-4H,1-2,5-7H2,(H,13,14). The molecule has 0 aliphatic carbocycles. The van der Waals surface area contributed by atoms with E-state index in [-0.39, 0.29) is 11.2 Å². The molecule has 1 atom stereocenters. The molecule has 1 unspecified atom stereocenters. The number of hydrogen-bond donors (Lipinski definition) is 1. The number of carbonyl (C=O) groups is 1. The second-order valence-corrected chi connectivity index (χ2v) is 7.92. The van der Waals surface area contributed by atoms with Gasteiger partial charge in [-0.05, 0) is 46.7 Å². The van der Waals surface area contributed by atoms with Crippen molar-refractivity contribution in [2.75, 3.05) is 5.75 Å². The number of hydrogen-bond acceptors (Lipinski definition) is 3. The normalized spacial score (nSPS) is 25.6. The zero-order valence-electron chi connectivity index (χ0n) is 8.74. The van der Waals surface area contributed by atoms with E-state index in [1.165, 1.54) is 11.3 Å². The predicted molar refractivity (Wildman–Crippen MR) is 72.3 cm³/mol. The minimum Gasteiger partial charge on any atom is -0.481 e. The van der Waals surface area contributed by atoms with Gasteiger partial charge in [0, 0.05) is 4.88 Å². The molecule has 1 N–H and O–H groups in total. The van der Waals surface area contributed by atoms with Crippen molar-refractivity contribution in [2.45, 2.75) is 30.4 Å². The van der Waals surface area contributed by atoms with Crippen LogP contribution in [-0.4, -0.2) is 16.8 Å². The van der Waals surface area contributed by atoms with Crippen molar-refractivity contribution in [3.8, 4) is 0 Å². The molecule has 1 aliphatic rings. The molecule has 1 aliphatic heterocycles. The van der Waals surface area contributed by atoms with Gasteiger partial charge in [-0.2, -0.15) is 0 Å². The number of rotatable bonds is 3. The highest BCUT2D eigenvalue weighted by Crippen LogP contribution is 2.50. The quantitative estimate of drug-likeness (QED) is 0.911. The van der Waals surface area contributed by atoms with Crippen molar-refractivity contribution >= 4 is 45.0 Å². The van der Waals surface area contributed by atoms with Crippen molar-refractivity contribution in [2.24, 2.45) is 0 Å². The van der Waals surface area contributed by atoms with Gasteiger partial charge in [-0.3, -0.25) is 4.79 Å². The van der Waals surface area contributed by atoms with Crippen LogP contribution in [0.25, 0.3) is 0 Å². The lowest BCUT2D eigenvalue weighted by Crippen LogP contribution is -2.28. The van der Waals surface area contributed by atoms with E-state index in [0.717, 1.165) is 22.4 Å². The van der Waals surface area contributed by atoms with Crippen LogP contribution in [0.3, 0.4) is 0 Å². The van der Waals surface area contributed by atoms with Gasteiger partial charge in [-0.1, -0.05) is 6.42 Å². The van der Waals surface area contributed by atoms with Gasteiger partial charge in [-0.25, -0.2) is 0 Å². The molecule has 0 amide bonds. The fourth-order valence-corrected chi connectivity index (χ4v) is 5.34. The van der Waals surface area contributed by atoms with E-state index < -0.39 is 5.97 Å². The summed E-state index contributed by atoms with van der Waals surface area (Å²) in [6.45, 7) is 0. The first-order valence-electron chi connectivity index (χ1n) is 5.24. The summed E-state index contributed by atoms with van der Waals surface area (Å²) in [5.41, 5.74) is 0. The Morgan fingerprint density at radius 2 is 2.31 bits per heavy atom. The van der Waals surface area contributed by atoms with Gasteiger partial charge < -0.3 is 5.11 Å². The first kappa shape index (κ1) is 12.5. The van der Waals surface area contributed by atoms with Crippen LogP contribution in [0, 0.1) is 0 Å². The van der Waals surface area contributed by atoms with E-state index >= 15 is 0 Å². The Bertz CT molecular complexity index is 383. The molecule has 1 aromatic heterocycles. The van der Waals surface area contributed by atoms with Gasteiger partial charge in [0.25, 0.3) is 0 Å². The van der Waals surface area contributed by atoms with Gasteiger partial charge in [0.2, 0.25) is 0 Å². The number of carboxylic acid groups (broad SMARTS) is 1. The average molecular weight is 321 g/mol. The molecule has 2 heterocycles. The fraction of sp³-hybridized carbons (Fsp3) is 0.545. The number of carboxylic acids is 1. The summed E-state index contributed by atoms with van der Waals surface area (Å²) in [6.07, 6.45) is 3.57. The lowest BCUT2D eigenvalue weighted by atomic mass is 9.95. The third kappa shape index (κ3) is 2.63. The molecule has 2 rings (SSSR count). The Morgan fingerprint density at radius 1 is 1.50 bits per heavy atom. The van der Waals surface area contributed by atoms with Crippen LogP contribution in [0.5, 0.6) is 0 Å². The van der Waals surface area contributed by atoms with Crippen LogP contribution in [-0.2, 0) is 9.54 Å². The molecule has 1 saturated heterocycles. The van der Waals surface area contributed by atoms with Crippen LogP contribution < -0.4 is 0 Å². The summed E-state index contributed by atoms with van der Waals surface area (Å²) >= 11 is 6.93. The third-order valence-corrected chi connectivity index (χ3v) is 6.38. The van der Waals surface area contributed by atoms with Crippen LogP contribution in [0.15, 0.2) is 15.9 Å². The molecule has 1 fully saturated rings. The smallest absolute Gasteiger partial charge is 0.305 e. The van der Waals surface area contributed by atoms with Gasteiger partial charge in [0.05, 0.1) is 15.0 Å². The molecule has 16 heavy (non-hydrogen) atoms. The molecule has 0 aromatic carbocycles. The Labute approximate surface area is 112 Å². The Hall–Kier alpha value is -0.000000000000000111. The lowest BCUT2D eigenvalue weighted by Gasteiger charge is -2.34. The van der Waals surface area contributed by atoms with E-state index in [4.69, 9.17) is 5.11 Å². The van der Waals surface area contributed by atoms with Crippen LogP contribution >= 0.6 is 39.0 Å². The highest BCUT2D eigenvalue weighted by atomic mass is 79.9. The van der Waals surface area contributed by atoms with Crippen molar-refractivity contribution in [3.63, 3.8) is 0 Å². The first-order valence-corrected chi connectivity index (χ1v) is 7.83. The monoisotopic (exact) mass is 320 g/mol. The summed E-state index contributed by atoms with van der Waals surface area (Å²) in [4.78, 5) is 12.2. The Kier molecular flexibility index (Phi) is 3.97. The second-order valence-electron chi connectivity index (χ2n) is 3.97. The van der Waals surface area contributed by atoms with E-state index in [0.29, 0.717) is 0 Å². The first-order chi connectivity index (χ1) is 7.62. The average Bonchev–Trinajstić information content (AvgIpc) is 2.66. The predicted octanol–water partition coefficient (Wildman–Crippen LogP) is 4.10. The topological polar surface area (TPSA) is 37.3 Å². The minimum atomic E-state index is -0.695. The van der Waals surface area contributed by atoms with E-state index in [2.05, 4.69) is 22.0 Å². The summed E-state index contributed by atoms with van der Waals surface area (Å²) in [5, 5.41) is 9.08. The number of thiophene rings is 1. The van der Waals surface area contributed by atoms with Gasteiger partial charge in [0.1, 0.15) is 0 Å². The number of halogens is 1. The maximum Gasteiger partial charge on any atom is 0.305 e. The fourth-order valence-electron chi connectivity index (χ4n) is 2.08. The molecular formula is C11H13BrO2S2. The molecule has 0 bridgehead atoms. The van der Waals surface area contributed by atoms with Crippen LogP contribution in [0.2, 0.25) is 0 Å². The lowest BCUT2D eigenvalue weighted by molar-refractivity contribution is -0.137. The van der Waals surface area contributed by atoms with E-state index in [1.54, 1.807) is 11.3 Å². The zero-order chi connectivity index (χ0) is 11.6. The molecule has 2 nitrogen and oxygen atoms in total. The molecule has 88 valence electrons. The van der Waals surface area contributed by atoms with Crippen LogP contribution in [0.4, 0.5) is 0 Å². The molecule has 0 saturated carbocycles. The van der Waals surface area contributed by atoms with Crippen LogP contribution in [0.1, 0.15) is 30.6 Å². The second kappa shape index (κ2) is 5.10. The molecule has 5 heteroatoms. The van der Waals surface area contributed by atoms with E-state index in [9.17, 15) is 4.79 Å². The summed E-state index contributed by atoms with van der Waals surface area (Å²) in [6, 6.07) is 4.08. The zero-order valence-corrected chi connectivity index (χ0v) is 12.0. The molecule has 1 aromatic rings. The highest BCUT2D eigenvalue weighted by Gasteiger charge is 2.38. The SMILES string of the molecule is O=C(O)CC1(c2ccc(Br)s2)CCCCS1. The highest BCUT2D eigenvalue weighted by molar-refractivity contribution is 9.11. The summed E-state index contributed by atoms with van der Waals surface area (Å²) in [7, 11) is 0. The van der Waals surface area contributed by atoms with Crippen molar-refractivity contribution < 1.29 is 9.90 Å². The van der Waals surface area contributed by atoms with Crippen molar-refractivity contribution in [3.05, 3.63) is 20.8 Å². The molecule has 0 spiro atoms. The summed E-state index contributed by atoms with van der Waals surface area (Å²) in [5.74, 6) is 0.377. The summed E-state index contributed by atoms with van der Waals surface area (Å²) < 4.78 is 0.902.